The van der Waals surface area contributed by atoms with E-state index in [1.807, 2.05) is 0 Å². The molecular formula is C12H16N2O2. The normalized spacial score (nSPS) is 23.6. The Labute approximate surface area is 94.5 Å². The van der Waals surface area contributed by atoms with Gasteiger partial charge in [0.2, 0.25) is 0 Å². The van der Waals surface area contributed by atoms with Crippen LogP contribution in [0.15, 0.2) is 24.3 Å². The maximum Gasteiger partial charge on any atom is 0.251 e. The average molecular weight is 220 g/mol. The second-order valence-electron chi connectivity index (χ2n) is 4.32. The molecule has 86 valence electrons. The first kappa shape index (κ1) is 11.0. The molecule has 1 aliphatic rings. The number of nitrogen functional groups attached to an aromatic ring is 1. The first-order valence-electron chi connectivity index (χ1n) is 5.47. The summed E-state index contributed by atoms with van der Waals surface area (Å²) in [6.07, 6.45) is 1.42. The number of nitrogens with one attached hydrogen (secondary N) is 1. The molecule has 0 atom stereocenters. The molecule has 4 nitrogen and oxygen atoms in total. The lowest BCUT2D eigenvalue weighted by Gasteiger charge is -2.31. The zero-order valence-corrected chi connectivity index (χ0v) is 9.02. The van der Waals surface area contributed by atoms with Crippen molar-refractivity contribution >= 4 is 11.6 Å². The van der Waals surface area contributed by atoms with Gasteiger partial charge in [-0.2, -0.15) is 0 Å². The van der Waals surface area contributed by atoms with Crippen LogP contribution in [-0.2, 0) is 0 Å². The van der Waals surface area contributed by atoms with E-state index in [-0.39, 0.29) is 12.0 Å². The number of carbonyl (C=O) groups is 1. The molecule has 2 rings (SSSR count). The van der Waals surface area contributed by atoms with Crippen molar-refractivity contribution in [2.24, 2.45) is 5.92 Å². The van der Waals surface area contributed by atoms with Crippen LogP contribution in [0, 0.1) is 5.92 Å². The molecule has 1 aromatic rings. The number of carbonyl (C=O) groups excluding carboxylic acids is 1. The average Bonchev–Trinajstić information content (AvgIpc) is 2.23. The lowest BCUT2D eigenvalue weighted by molar-refractivity contribution is 0.0420. The number of aliphatic hydroxyl groups is 1. The number of nitrogens with two attached hydrogens (primary N) is 1. The van der Waals surface area contributed by atoms with Crippen molar-refractivity contribution in [3.05, 3.63) is 29.8 Å². The molecule has 0 unspecified atom stereocenters. The highest BCUT2D eigenvalue weighted by Gasteiger charge is 2.27. The molecule has 0 bridgehead atoms. The molecule has 1 saturated carbocycles. The third kappa shape index (κ3) is 2.52. The standard InChI is InChI=1S/C12H16N2O2/c13-10-3-1-9(2-4-10)12(16)14-7-8-5-11(15)6-8/h1-4,8,11,15H,5-7,13H2,(H,14,16). The van der Waals surface area contributed by atoms with E-state index in [2.05, 4.69) is 5.32 Å². The second kappa shape index (κ2) is 4.53. The first-order valence-corrected chi connectivity index (χ1v) is 5.47. The number of hydrogen-bond acceptors (Lipinski definition) is 3. The predicted molar refractivity (Wildman–Crippen MR) is 61.9 cm³/mol. The summed E-state index contributed by atoms with van der Waals surface area (Å²) in [5.74, 6) is 0.342. The summed E-state index contributed by atoms with van der Waals surface area (Å²) in [4.78, 5) is 11.7. The molecule has 0 saturated heterocycles. The van der Waals surface area contributed by atoms with Crippen molar-refractivity contribution in [3.8, 4) is 0 Å². The molecule has 0 spiro atoms. The zero-order chi connectivity index (χ0) is 11.5. The SMILES string of the molecule is Nc1ccc(C(=O)NCC2CC(O)C2)cc1. The number of hydrogen-bond donors (Lipinski definition) is 3. The molecule has 0 heterocycles. The Morgan fingerprint density at radius 1 is 1.38 bits per heavy atom. The van der Waals surface area contributed by atoms with E-state index < -0.39 is 0 Å². The van der Waals surface area contributed by atoms with Gasteiger partial charge in [0.05, 0.1) is 6.10 Å². The van der Waals surface area contributed by atoms with E-state index in [1.54, 1.807) is 24.3 Å². The van der Waals surface area contributed by atoms with Crippen LogP contribution in [0.2, 0.25) is 0 Å². The van der Waals surface area contributed by atoms with E-state index in [4.69, 9.17) is 10.8 Å². The molecule has 4 heteroatoms. The first-order chi connectivity index (χ1) is 7.65. The quantitative estimate of drug-likeness (QED) is 0.658. The van der Waals surface area contributed by atoms with Crippen molar-refractivity contribution in [2.45, 2.75) is 18.9 Å². The Hall–Kier alpha value is -1.55. The summed E-state index contributed by atoms with van der Waals surface area (Å²) in [7, 11) is 0. The summed E-state index contributed by atoms with van der Waals surface area (Å²) in [5.41, 5.74) is 6.81. The van der Waals surface area contributed by atoms with Gasteiger partial charge in [0.15, 0.2) is 0 Å². The van der Waals surface area contributed by atoms with Gasteiger partial charge in [-0.1, -0.05) is 0 Å². The predicted octanol–water partition coefficient (Wildman–Crippen LogP) is 0.769. The minimum absolute atomic E-state index is 0.0820. The Bertz CT molecular complexity index is 369. The minimum Gasteiger partial charge on any atom is -0.399 e. The number of aliphatic hydroxyl groups excluding tert-OH is 1. The Balaban J connectivity index is 1.81. The van der Waals surface area contributed by atoms with Gasteiger partial charge in [0.25, 0.3) is 5.91 Å². The smallest absolute Gasteiger partial charge is 0.251 e. The molecule has 1 fully saturated rings. The van der Waals surface area contributed by atoms with Crippen LogP contribution < -0.4 is 11.1 Å². The number of benzene rings is 1. The molecule has 1 aliphatic carbocycles. The van der Waals surface area contributed by atoms with Gasteiger partial charge in [-0.15, -0.1) is 0 Å². The lowest BCUT2D eigenvalue weighted by atomic mass is 9.82. The molecule has 4 N–H and O–H groups in total. The number of anilines is 1. The van der Waals surface area contributed by atoms with Crippen molar-refractivity contribution < 1.29 is 9.90 Å². The Morgan fingerprint density at radius 2 is 2.00 bits per heavy atom. The zero-order valence-electron chi connectivity index (χ0n) is 9.02. The molecule has 0 aromatic heterocycles. The molecular weight excluding hydrogens is 204 g/mol. The third-order valence-electron chi connectivity index (χ3n) is 2.93. The highest BCUT2D eigenvalue weighted by atomic mass is 16.3. The largest absolute Gasteiger partial charge is 0.399 e. The van der Waals surface area contributed by atoms with E-state index in [0.29, 0.717) is 23.7 Å². The van der Waals surface area contributed by atoms with Gasteiger partial charge in [-0.25, -0.2) is 0 Å². The summed E-state index contributed by atoms with van der Waals surface area (Å²) >= 11 is 0. The van der Waals surface area contributed by atoms with E-state index >= 15 is 0 Å². The highest BCUT2D eigenvalue weighted by molar-refractivity contribution is 5.94. The van der Waals surface area contributed by atoms with Crippen LogP contribution in [0.25, 0.3) is 0 Å². The van der Waals surface area contributed by atoms with Gasteiger partial charge >= 0.3 is 0 Å². The Kier molecular flexibility index (Phi) is 3.10. The van der Waals surface area contributed by atoms with Gasteiger partial charge < -0.3 is 16.2 Å². The van der Waals surface area contributed by atoms with Crippen molar-refractivity contribution in [3.63, 3.8) is 0 Å². The maximum absolute atomic E-state index is 11.7. The molecule has 0 aliphatic heterocycles. The highest BCUT2D eigenvalue weighted by Crippen LogP contribution is 2.26. The molecule has 1 aromatic carbocycles. The lowest BCUT2D eigenvalue weighted by Crippen LogP contribution is -2.38. The Morgan fingerprint density at radius 3 is 2.56 bits per heavy atom. The van der Waals surface area contributed by atoms with Crippen LogP contribution in [0.3, 0.4) is 0 Å². The van der Waals surface area contributed by atoms with Crippen molar-refractivity contribution in [1.82, 2.24) is 5.32 Å². The third-order valence-corrected chi connectivity index (χ3v) is 2.93. The molecule has 0 radical (unpaired) electrons. The summed E-state index contributed by atoms with van der Waals surface area (Å²) in [5, 5.41) is 12.0. The minimum atomic E-state index is -0.168. The van der Waals surface area contributed by atoms with Gasteiger partial charge in [0, 0.05) is 17.8 Å². The topological polar surface area (TPSA) is 75.4 Å². The summed E-state index contributed by atoms with van der Waals surface area (Å²) < 4.78 is 0. The second-order valence-corrected chi connectivity index (χ2v) is 4.32. The summed E-state index contributed by atoms with van der Waals surface area (Å²) in [6, 6.07) is 6.84. The van der Waals surface area contributed by atoms with E-state index in [1.165, 1.54) is 0 Å². The van der Waals surface area contributed by atoms with Crippen LogP contribution in [0.1, 0.15) is 23.2 Å². The van der Waals surface area contributed by atoms with E-state index in [0.717, 1.165) is 12.8 Å². The summed E-state index contributed by atoms with van der Waals surface area (Å²) in [6.45, 7) is 0.639. The van der Waals surface area contributed by atoms with Gasteiger partial charge in [0.1, 0.15) is 0 Å². The molecule has 16 heavy (non-hydrogen) atoms. The molecule has 1 amide bonds. The fourth-order valence-electron chi connectivity index (χ4n) is 1.84. The van der Waals surface area contributed by atoms with Crippen molar-refractivity contribution in [2.75, 3.05) is 12.3 Å². The van der Waals surface area contributed by atoms with Crippen LogP contribution >= 0.6 is 0 Å². The van der Waals surface area contributed by atoms with Crippen LogP contribution in [0.4, 0.5) is 5.69 Å². The van der Waals surface area contributed by atoms with E-state index in [9.17, 15) is 4.79 Å². The van der Waals surface area contributed by atoms with Crippen LogP contribution in [-0.4, -0.2) is 23.7 Å². The number of rotatable bonds is 3. The maximum atomic E-state index is 11.7. The van der Waals surface area contributed by atoms with Gasteiger partial charge in [-0.3, -0.25) is 4.79 Å². The van der Waals surface area contributed by atoms with Crippen molar-refractivity contribution in [1.29, 1.82) is 0 Å². The fourth-order valence-corrected chi connectivity index (χ4v) is 1.84. The van der Waals surface area contributed by atoms with Gasteiger partial charge in [-0.05, 0) is 43.0 Å². The monoisotopic (exact) mass is 220 g/mol. The fraction of sp³-hybridized carbons (Fsp3) is 0.417. The number of amides is 1. The van der Waals surface area contributed by atoms with Crippen LogP contribution in [0.5, 0.6) is 0 Å².